The Kier molecular flexibility index (Phi) is 4.57. The molecule has 2 heterocycles. The number of halogens is 2. The molecule has 1 amide bonds. The number of carbonyl (C=O) groups excluding carboxylic acids is 1. The van der Waals surface area contributed by atoms with E-state index in [4.69, 9.17) is 0 Å². The van der Waals surface area contributed by atoms with Crippen molar-refractivity contribution in [2.45, 2.75) is 26.9 Å². The number of fused-ring (bicyclic) bond motifs is 1. The number of nitrogens with zero attached hydrogens (tertiary/aromatic N) is 2. The fourth-order valence-electron chi connectivity index (χ4n) is 3.02. The topological polar surface area (TPSA) is 45.2 Å². The van der Waals surface area contributed by atoms with Crippen molar-refractivity contribution in [1.82, 2.24) is 9.88 Å². The van der Waals surface area contributed by atoms with E-state index in [1.807, 2.05) is 12.1 Å². The average Bonchev–Trinajstić information content (AvgIpc) is 2.89. The zero-order chi connectivity index (χ0) is 17.3. The van der Waals surface area contributed by atoms with E-state index in [0.717, 1.165) is 37.0 Å². The number of rotatable bonds is 4. The van der Waals surface area contributed by atoms with Gasteiger partial charge >= 0.3 is 0 Å². The first-order valence-electron chi connectivity index (χ1n) is 7.89. The second-order valence-corrected chi connectivity index (χ2v) is 6.44. The highest BCUT2D eigenvalue weighted by Gasteiger charge is 2.23. The van der Waals surface area contributed by atoms with Gasteiger partial charge in [0.1, 0.15) is 5.82 Å². The summed E-state index contributed by atoms with van der Waals surface area (Å²) in [4.78, 5) is 18.1. The van der Waals surface area contributed by atoms with Crippen LogP contribution >= 0.6 is 0 Å². The second kappa shape index (κ2) is 6.65. The Morgan fingerprint density at radius 1 is 1.33 bits per heavy atom. The summed E-state index contributed by atoms with van der Waals surface area (Å²) in [6.07, 6.45) is 0.831. The summed E-state index contributed by atoms with van der Waals surface area (Å²) in [6, 6.07) is 6.34. The third-order valence-corrected chi connectivity index (χ3v) is 3.94. The maximum absolute atomic E-state index is 13.7. The van der Waals surface area contributed by atoms with Gasteiger partial charge in [-0.15, -0.1) is 0 Å². The summed E-state index contributed by atoms with van der Waals surface area (Å²) in [5.41, 5.74) is 2.43. The Morgan fingerprint density at radius 3 is 2.83 bits per heavy atom. The fourth-order valence-corrected chi connectivity index (χ4v) is 3.02. The van der Waals surface area contributed by atoms with Gasteiger partial charge in [0.25, 0.3) is 5.91 Å². The van der Waals surface area contributed by atoms with Crippen LogP contribution in [0.25, 0.3) is 0 Å². The van der Waals surface area contributed by atoms with Crippen LogP contribution in [-0.2, 0) is 13.1 Å². The van der Waals surface area contributed by atoms with Crippen molar-refractivity contribution in [2.24, 2.45) is 5.92 Å². The minimum atomic E-state index is -0.971. The Hall–Kier alpha value is -2.34. The highest BCUT2D eigenvalue weighted by Crippen LogP contribution is 2.30. The number of hydrogen-bond donors (Lipinski definition) is 1. The molecule has 0 spiro atoms. The van der Waals surface area contributed by atoms with E-state index in [2.05, 4.69) is 29.0 Å². The molecule has 4 nitrogen and oxygen atoms in total. The Morgan fingerprint density at radius 2 is 2.12 bits per heavy atom. The van der Waals surface area contributed by atoms with Gasteiger partial charge in [0.05, 0.1) is 6.20 Å². The smallest absolute Gasteiger partial charge is 0.277 e. The third-order valence-electron chi connectivity index (χ3n) is 3.94. The molecule has 0 bridgehead atoms. The number of anilines is 1. The zero-order valence-electron chi connectivity index (χ0n) is 13.6. The third kappa shape index (κ3) is 3.43. The summed E-state index contributed by atoms with van der Waals surface area (Å²) < 4.78 is 26.6. The normalized spacial score (nSPS) is 14.0. The van der Waals surface area contributed by atoms with E-state index in [1.165, 1.54) is 0 Å². The molecular weight excluding hydrogens is 312 g/mol. The van der Waals surface area contributed by atoms with Gasteiger partial charge < -0.3 is 5.32 Å². The fraction of sp³-hybridized carbons (Fsp3) is 0.333. The van der Waals surface area contributed by atoms with Crippen LogP contribution in [0.1, 0.15) is 35.5 Å². The van der Waals surface area contributed by atoms with Crippen LogP contribution in [-0.4, -0.2) is 22.3 Å². The molecule has 0 radical (unpaired) electrons. The Balaban J connectivity index is 1.80. The van der Waals surface area contributed by atoms with Gasteiger partial charge in [0.2, 0.25) is 0 Å². The molecule has 6 heteroatoms. The number of hydrogen-bond acceptors (Lipinski definition) is 3. The van der Waals surface area contributed by atoms with E-state index < -0.39 is 23.2 Å². The van der Waals surface area contributed by atoms with Crippen LogP contribution < -0.4 is 5.32 Å². The molecule has 1 N–H and O–H groups in total. The SMILES string of the molecule is CC(C)CN1Cc2cccc(NC(=O)c3ncc(F)cc3F)c2C1. The monoisotopic (exact) mass is 331 g/mol. The Bertz CT molecular complexity index is 777. The second-order valence-electron chi connectivity index (χ2n) is 6.44. The van der Waals surface area contributed by atoms with Gasteiger partial charge in [0, 0.05) is 31.4 Å². The Labute approximate surface area is 139 Å². The summed E-state index contributed by atoms with van der Waals surface area (Å²) in [6.45, 7) is 6.86. The lowest BCUT2D eigenvalue weighted by molar-refractivity contribution is 0.101. The lowest BCUT2D eigenvalue weighted by atomic mass is 10.1. The lowest BCUT2D eigenvalue weighted by Crippen LogP contribution is -2.22. The van der Waals surface area contributed by atoms with Gasteiger partial charge in [-0.3, -0.25) is 9.69 Å². The molecule has 0 unspecified atom stereocenters. The predicted molar refractivity (Wildman–Crippen MR) is 87.5 cm³/mol. The molecule has 3 rings (SSSR count). The molecule has 2 aromatic rings. The van der Waals surface area contributed by atoms with Crippen LogP contribution in [0.5, 0.6) is 0 Å². The predicted octanol–water partition coefficient (Wildman–Crippen LogP) is 3.58. The van der Waals surface area contributed by atoms with Crippen LogP contribution in [0.3, 0.4) is 0 Å². The number of benzene rings is 1. The molecule has 0 aliphatic carbocycles. The molecule has 1 aromatic carbocycles. The van der Waals surface area contributed by atoms with E-state index in [9.17, 15) is 13.6 Å². The van der Waals surface area contributed by atoms with Crippen molar-refractivity contribution in [3.05, 3.63) is 58.9 Å². The van der Waals surface area contributed by atoms with Crippen molar-refractivity contribution in [3.8, 4) is 0 Å². The molecule has 126 valence electrons. The van der Waals surface area contributed by atoms with E-state index >= 15 is 0 Å². The van der Waals surface area contributed by atoms with Crippen LogP contribution in [0.4, 0.5) is 14.5 Å². The molecule has 24 heavy (non-hydrogen) atoms. The summed E-state index contributed by atoms with van der Waals surface area (Å²) in [5.74, 6) is -1.91. The summed E-state index contributed by atoms with van der Waals surface area (Å²) in [7, 11) is 0. The molecule has 0 saturated carbocycles. The number of amides is 1. The van der Waals surface area contributed by atoms with Crippen molar-refractivity contribution < 1.29 is 13.6 Å². The van der Waals surface area contributed by atoms with Crippen LogP contribution in [0, 0.1) is 17.6 Å². The van der Waals surface area contributed by atoms with Crippen LogP contribution in [0.15, 0.2) is 30.5 Å². The van der Waals surface area contributed by atoms with E-state index in [1.54, 1.807) is 6.07 Å². The van der Waals surface area contributed by atoms with Crippen molar-refractivity contribution in [1.29, 1.82) is 0 Å². The van der Waals surface area contributed by atoms with Gasteiger partial charge in [-0.2, -0.15) is 0 Å². The molecule has 1 aromatic heterocycles. The van der Waals surface area contributed by atoms with Crippen molar-refractivity contribution >= 4 is 11.6 Å². The molecule has 0 atom stereocenters. The quantitative estimate of drug-likeness (QED) is 0.931. The first-order valence-corrected chi connectivity index (χ1v) is 7.89. The van der Waals surface area contributed by atoms with Gasteiger partial charge in [0.15, 0.2) is 11.5 Å². The van der Waals surface area contributed by atoms with Gasteiger partial charge in [-0.05, 0) is 23.1 Å². The maximum atomic E-state index is 13.7. The minimum absolute atomic E-state index is 0.411. The average molecular weight is 331 g/mol. The van der Waals surface area contributed by atoms with Gasteiger partial charge in [-0.25, -0.2) is 13.8 Å². The lowest BCUT2D eigenvalue weighted by Gasteiger charge is -2.17. The standard InChI is InChI=1S/C18H19F2N3O/c1-11(2)8-23-9-12-4-3-5-16(14(12)10-23)22-18(24)17-15(20)6-13(19)7-21-17/h3-7,11H,8-10H2,1-2H3,(H,22,24). The van der Waals surface area contributed by atoms with Gasteiger partial charge in [-0.1, -0.05) is 26.0 Å². The molecule has 0 saturated heterocycles. The van der Waals surface area contributed by atoms with Crippen molar-refractivity contribution in [3.63, 3.8) is 0 Å². The number of nitrogens with one attached hydrogen (secondary N) is 1. The number of carbonyl (C=O) groups is 1. The first kappa shape index (κ1) is 16.5. The zero-order valence-corrected chi connectivity index (χ0v) is 13.6. The maximum Gasteiger partial charge on any atom is 0.277 e. The minimum Gasteiger partial charge on any atom is -0.320 e. The molecule has 1 aliphatic heterocycles. The summed E-state index contributed by atoms with van der Waals surface area (Å²) >= 11 is 0. The highest BCUT2D eigenvalue weighted by molar-refractivity contribution is 6.03. The first-order chi connectivity index (χ1) is 11.4. The number of aromatic nitrogens is 1. The van der Waals surface area contributed by atoms with E-state index in [-0.39, 0.29) is 0 Å². The molecule has 0 fully saturated rings. The molecular formula is C18H19F2N3O. The molecule has 1 aliphatic rings. The summed E-state index contributed by atoms with van der Waals surface area (Å²) in [5, 5.41) is 2.70. The van der Waals surface area contributed by atoms with Crippen molar-refractivity contribution in [2.75, 3.05) is 11.9 Å². The van der Waals surface area contributed by atoms with E-state index in [0.29, 0.717) is 17.7 Å². The highest BCUT2D eigenvalue weighted by atomic mass is 19.1. The van der Waals surface area contributed by atoms with Crippen LogP contribution in [0.2, 0.25) is 0 Å². The number of pyridine rings is 1. The largest absolute Gasteiger partial charge is 0.320 e.